The number of anilines is 1. The molecule has 1 amide bonds. The Balaban J connectivity index is 2.04. The number of nitro groups is 1. The van der Waals surface area contributed by atoms with Crippen LogP contribution in [0.3, 0.4) is 0 Å². The minimum absolute atomic E-state index is 0.0127. The zero-order valence-electron chi connectivity index (χ0n) is 14.2. The molecule has 27 heavy (non-hydrogen) atoms. The topological polar surface area (TPSA) is 113 Å². The van der Waals surface area contributed by atoms with Gasteiger partial charge in [-0.25, -0.2) is 0 Å². The summed E-state index contributed by atoms with van der Waals surface area (Å²) >= 11 is 0. The first-order valence-electron chi connectivity index (χ1n) is 8.19. The fourth-order valence-electron chi connectivity index (χ4n) is 2.93. The Kier molecular flexibility index (Phi) is 6.24. The molecular formula is C16H18F3N3O5. The molecule has 8 nitrogen and oxygen atoms in total. The number of carbonyl (C=O) groups excluding carboxylic acids is 1. The van der Waals surface area contributed by atoms with Crippen LogP contribution in [0, 0.1) is 16.0 Å². The molecule has 1 saturated heterocycles. The van der Waals surface area contributed by atoms with Gasteiger partial charge in [0.1, 0.15) is 5.69 Å². The average Bonchev–Trinajstić information content (AvgIpc) is 2.60. The van der Waals surface area contributed by atoms with Crippen LogP contribution in [0.15, 0.2) is 18.2 Å². The molecule has 0 radical (unpaired) electrons. The Labute approximate surface area is 152 Å². The van der Waals surface area contributed by atoms with E-state index >= 15 is 0 Å². The fourth-order valence-corrected chi connectivity index (χ4v) is 2.93. The minimum atomic E-state index is -4.68. The molecular weight excluding hydrogens is 371 g/mol. The van der Waals surface area contributed by atoms with E-state index < -0.39 is 28.3 Å². The Morgan fingerprint density at radius 2 is 1.93 bits per heavy atom. The van der Waals surface area contributed by atoms with Crippen LogP contribution in [-0.2, 0) is 15.8 Å². The summed E-state index contributed by atoms with van der Waals surface area (Å²) in [5.74, 6) is -1.69. The monoisotopic (exact) mass is 389 g/mol. The number of alkyl halides is 3. The van der Waals surface area contributed by atoms with Crippen molar-refractivity contribution in [1.82, 2.24) is 5.32 Å². The normalized spacial score (nSPS) is 15.4. The Bertz CT molecular complexity index is 731. The molecule has 11 heteroatoms. The standard InChI is InChI=1S/C16H18F3N3O5/c17-16(18,19)11-1-2-12(13(9-11)22(26)27)21-7-4-10(5-8-21)15(25)20-6-3-14(23)24/h1-2,9-10H,3-8H2,(H,20,25)(H,23,24). The second kappa shape index (κ2) is 8.23. The van der Waals surface area contributed by atoms with Crippen LogP contribution in [0.25, 0.3) is 0 Å². The number of carboxylic acids is 1. The van der Waals surface area contributed by atoms with Crippen LogP contribution >= 0.6 is 0 Å². The molecule has 1 fully saturated rings. The van der Waals surface area contributed by atoms with E-state index in [4.69, 9.17) is 5.11 Å². The Morgan fingerprint density at radius 3 is 2.44 bits per heavy atom. The maximum atomic E-state index is 12.8. The molecule has 1 aliphatic rings. The van der Waals surface area contributed by atoms with Gasteiger partial charge in [0.05, 0.1) is 16.9 Å². The highest BCUT2D eigenvalue weighted by Crippen LogP contribution is 2.37. The smallest absolute Gasteiger partial charge is 0.416 e. The third kappa shape index (κ3) is 5.31. The number of rotatable bonds is 6. The van der Waals surface area contributed by atoms with Crippen LogP contribution in [0.5, 0.6) is 0 Å². The third-order valence-electron chi connectivity index (χ3n) is 4.34. The van der Waals surface area contributed by atoms with Gasteiger partial charge in [-0.3, -0.25) is 19.7 Å². The molecule has 1 heterocycles. The van der Waals surface area contributed by atoms with Crippen molar-refractivity contribution >= 4 is 23.3 Å². The lowest BCUT2D eigenvalue weighted by atomic mass is 9.95. The van der Waals surface area contributed by atoms with Gasteiger partial charge in [-0.15, -0.1) is 0 Å². The number of benzene rings is 1. The van der Waals surface area contributed by atoms with E-state index in [2.05, 4.69) is 5.32 Å². The van der Waals surface area contributed by atoms with E-state index in [0.717, 1.165) is 12.1 Å². The summed E-state index contributed by atoms with van der Waals surface area (Å²) in [6.45, 7) is 0.547. The lowest BCUT2D eigenvalue weighted by molar-refractivity contribution is -0.384. The van der Waals surface area contributed by atoms with E-state index in [9.17, 15) is 32.9 Å². The average molecular weight is 389 g/mol. The molecule has 2 rings (SSSR count). The Hall–Kier alpha value is -2.85. The summed E-state index contributed by atoms with van der Waals surface area (Å²) in [5, 5.41) is 22.3. The van der Waals surface area contributed by atoms with Crippen LogP contribution in [-0.4, -0.2) is 41.5 Å². The SMILES string of the molecule is O=C(O)CCNC(=O)C1CCN(c2ccc(C(F)(F)F)cc2[N+](=O)[O-])CC1. The van der Waals surface area contributed by atoms with Crippen molar-refractivity contribution in [3.63, 3.8) is 0 Å². The van der Waals surface area contributed by atoms with Crippen molar-refractivity contribution in [3.8, 4) is 0 Å². The molecule has 0 aromatic heterocycles. The number of nitro benzene ring substituents is 1. The third-order valence-corrected chi connectivity index (χ3v) is 4.34. The summed E-state index contributed by atoms with van der Waals surface area (Å²) in [7, 11) is 0. The number of hydrogen-bond donors (Lipinski definition) is 2. The number of amides is 1. The highest BCUT2D eigenvalue weighted by Gasteiger charge is 2.34. The summed E-state index contributed by atoms with van der Waals surface area (Å²) in [5.41, 5.74) is -1.64. The molecule has 1 aliphatic heterocycles. The number of aliphatic carboxylic acids is 1. The van der Waals surface area contributed by atoms with Crippen LogP contribution < -0.4 is 10.2 Å². The summed E-state index contributed by atoms with van der Waals surface area (Å²) in [4.78, 5) is 34.4. The molecule has 2 N–H and O–H groups in total. The first-order chi connectivity index (χ1) is 12.6. The molecule has 1 aromatic carbocycles. The van der Waals surface area contributed by atoms with Gasteiger partial charge in [0.2, 0.25) is 5.91 Å². The maximum absolute atomic E-state index is 12.8. The number of nitrogens with one attached hydrogen (secondary N) is 1. The van der Waals surface area contributed by atoms with Gasteiger partial charge in [0.25, 0.3) is 5.69 Å². The number of nitrogens with zero attached hydrogens (tertiary/aromatic N) is 2. The molecule has 0 unspecified atom stereocenters. The zero-order valence-corrected chi connectivity index (χ0v) is 14.2. The quantitative estimate of drug-likeness (QED) is 0.571. The van der Waals surface area contributed by atoms with Crippen molar-refractivity contribution in [2.75, 3.05) is 24.5 Å². The van der Waals surface area contributed by atoms with Gasteiger partial charge < -0.3 is 15.3 Å². The Morgan fingerprint density at radius 1 is 1.30 bits per heavy atom. The van der Waals surface area contributed by atoms with Crippen molar-refractivity contribution in [2.24, 2.45) is 5.92 Å². The molecule has 1 aromatic rings. The van der Waals surface area contributed by atoms with E-state index in [1.807, 2.05) is 0 Å². The molecule has 0 spiro atoms. The lowest BCUT2D eigenvalue weighted by Crippen LogP contribution is -2.41. The number of halogens is 3. The molecule has 0 aliphatic carbocycles. The maximum Gasteiger partial charge on any atom is 0.416 e. The van der Waals surface area contributed by atoms with E-state index in [0.29, 0.717) is 18.9 Å². The predicted octanol–water partition coefficient (Wildman–Crippen LogP) is 2.42. The van der Waals surface area contributed by atoms with E-state index in [1.165, 1.54) is 0 Å². The van der Waals surface area contributed by atoms with E-state index in [1.54, 1.807) is 4.90 Å². The lowest BCUT2D eigenvalue weighted by Gasteiger charge is -2.32. The first-order valence-corrected chi connectivity index (χ1v) is 8.19. The van der Waals surface area contributed by atoms with Gasteiger partial charge in [-0.1, -0.05) is 0 Å². The fraction of sp³-hybridized carbons (Fsp3) is 0.500. The highest BCUT2D eigenvalue weighted by molar-refractivity contribution is 5.79. The number of carboxylic acid groups (broad SMARTS) is 1. The van der Waals surface area contributed by atoms with Gasteiger partial charge in [0.15, 0.2) is 0 Å². The summed E-state index contributed by atoms with van der Waals surface area (Å²) < 4.78 is 38.3. The van der Waals surface area contributed by atoms with Crippen LogP contribution in [0.4, 0.5) is 24.5 Å². The van der Waals surface area contributed by atoms with Crippen molar-refractivity contribution in [2.45, 2.75) is 25.4 Å². The zero-order chi connectivity index (χ0) is 20.2. The van der Waals surface area contributed by atoms with Crippen molar-refractivity contribution in [1.29, 1.82) is 0 Å². The van der Waals surface area contributed by atoms with Crippen LogP contribution in [0.1, 0.15) is 24.8 Å². The van der Waals surface area contributed by atoms with Crippen LogP contribution in [0.2, 0.25) is 0 Å². The van der Waals surface area contributed by atoms with Gasteiger partial charge in [0, 0.05) is 31.6 Å². The predicted molar refractivity (Wildman–Crippen MR) is 88.3 cm³/mol. The molecule has 148 valence electrons. The second-order valence-corrected chi connectivity index (χ2v) is 6.15. The summed E-state index contributed by atoms with van der Waals surface area (Å²) in [6.07, 6.45) is -4.15. The first kappa shape index (κ1) is 20.5. The molecule has 0 saturated carbocycles. The highest BCUT2D eigenvalue weighted by atomic mass is 19.4. The van der Waals surface area contributed by atoms with Gasteiger partial charge >= 0.3 is 12.1 Å². The van der Waals surface area contributed by atoms with Crippen molar-refractivity contribution < 1.29 is 32.8 Å². The minimum Gasteiger partial charge on any atom is -0.481 e. The van der Waals surface area contributed by atoms with Gasteiger partial charge in [-0.2, -0.15) is 13.2 Å². The molecule has 0 bridgehead atoms. The van der Waals surface area contributed by atoms with Crippen molar-refractivity contribution in [3.05, 3.63) is 33.9 Å². The number of hydrogen-bond acceptors (Lipinski definition) is 5. The number of carbonyl (C=O) groups is 2. The molecule has 0 atom stereocenters. The largest absolute Gasteiger partial charge is 0.481 e. The van der Waals surface area contributed by atoms with Gasteiger partial charge in [-0.05, 0) is 25.0 Å². The number of piperidine rings is 1. The van der Waals surface area contributed by atoms with E-state index in [-0.39, 0.29) is 43.6 Å². The summed E-state index contributed by atoms with van der Waals surface area (Å²) in [6, 6.07) is 2.39. The second-order valence-electron chi connectivity index (χ2n) is 6.15.